The Morgan fingerprint density at radius 1 is 1.37 bits per heavy atom. The van der Waals surface area contributed by atoms with Crippen molar-refractivity contribution in [2.45, 2.75) is 37.1 Å². The van der Waals surface area contributed by atoms with Crippen molar-refractivity contribution in [1.29, 1.82) is 5.26 Å². The first kappa shape index (κ1) is 19.5. The molecule has 0 saturated carbocycles. The van der Waals surface area contributed by atoms with E-state index < -0.39 is 0 Å². The molecule has 1 heterocycles. The molecule has 0 unspecified atom stereocenters. The van der Waals surface area contributed by atoms with Crippen LogP contribution < -0.4 is 10.1 Å². The Morgan fingerprint density at radius 3 is 2.96 bits per heavy atom. The van der Waals surface area contributed by atoms with Crippen molar-refractivity contribution in [1.82, 2.24) is 4.98 Å². The molecule has 27 heavy (non-hydrogen) atoms. The standard InChI is InChI=1S/C20H20ClN3O2S/c1-26-18-7-6-15(21)11-17(18)23-19(25)8-9-27-20-14(12-22)10-13-4-2-3-5-16(13)24-20/h6-7,10-11H,2-5,8-9H2,1H3,(H,23,25). The van der Waals surface area contributed by atoms with Crippen molar-refractivity contribution in [3.8, 4) is 11.8 Å². The van der Waals surface area contributed by atoms with Crippen molar-refractivity contribution in [2.24, 2.45) is 0 Å². The number of fused-ring (bicyclic) bond motifs is 1. The van der Waals surface area contributed by atoms with Crippen LogP contribution in [0.4, 0.5) is 5.69 Å². The molecular formula is C20H20ClN3O2S. The lowest BCUT2D eigenvalue weighted by Gasteiger charge is -2.16. The highest BCUT2D eigenvalue weighted by atomic mass is 35.5. The van der Waals surface area contributed by atoms with Gasteiger partial charge in [0.25, 0.3) is 0 Å². The van der Waals surface area contributed by atoms with E-state index in [0.717, 1.165) is 31.4 Å². The summed E-state index contributed by atoms with van der Waals surface area (Å²) in [5.74, 6) is 0.956. The highest BCUT2D eigenvalue weighted by Crippen LogP contribution is 2.29. The van der Waals surface area contributed by atoms with Crippen LogP contribution in [0.1, 0.15) is 36.1 Å². The zero-order valence-corrected chi connectivity index (χ0v) is 16.6. The molecule has 0 spiro atoms. The Labute approximate surface area is 168 Å². The number of ether oxygens (including phenoxy) is 1. The summed E-state index contributed by atoms with van der Waals surface area (Å²) in [5.41, 5.74) is 3.42. The lowest BCUT2D eigenvalue weighted by Crippen LogP contribution is -2.13. The highest BCUT2D eigenvalue weighted by Gasteiger charge is 2.16. The molecule has 2 aromatic rings. The van der Waals surface area contributed by atoms with Gasteiger partial charge in [-0.3, -0.25) is 4.79 Å². The van der Waals surface area contributed by atoms with Gasteiger partial charge in [0.1, 0.15) is 16.8 Å². The van der Waals surface area contributed by atoms with Crippen LogP contribution in [0, 0.1) is 11.3 Å². The molecule has 7 heteroatoms. The van der Waals surface area contributed by atoms with Crippen LogP contribution in [-0.4, -0.2) is 23.8 Å². The Morgan fingerprint density at radius 2 is 2.19 bits per heavy atom. The third kappa shape index (κ3) is 4.94. The number of carbonyl (C=O) groups is 1. The van der Waals surface area contributed by atoms with E-state index in [1.54, 1.807) is 25.3 Å². The number of nitrogens with zero attached hydrogens (tertiary/aromatic N) is 2. The molecule has 1 amide bonds. The number of benzene rings is 1. The van der Waals surface area contributed by atoms with Crippen molar-refractivity contribution >= 4 is 35.0 Å². The molecule has 0 radical (unpaired) electrons. The summed E-state index contributed by atoms with van der Waals surface area (Å²) in [7, 11) is 1.54. The van der Waals surface area contributed by atoms with Gasteiger partial charge in [0.05, 0.1) is 18.4 Å². The maximum Gasteiger partial charge on any atom is 0.225 e. The number of pyridine rings is 1. The van der Waals surface area contributed by atoms with E-state index in [1.807, 2.05) is 6.07 Å². The largest absolute Gasteiger partial charge is 0.495 e. The number of anilines is 1. The van der Waals surface area contributed by atoms with Crippen molar-refractivity contribution < 1.29 is 9.53 Å². The van der Waals surface area contributed by atoms with Gasteiger partial charge in [-0.25, -0.2) is 4.98 Å². The highest BCUT2D eigenvalue weighted by molar-refractivity contribution is 7.99. The number of halogens is 1. The minimum atomic E-state index is -0.139. The fraction of sp³-hybridized carbons (Fsp3) is 0.350. The molecule has 5 nitrogen and oxygen atoms in total. The fourth-order valence-corrected chi connectivity index (χ4v) is 4.12. The average Bonchev–Trinajstić information content (AvgIpc) is 2.67. The first-order chi connectivity index (χ1) is 13.1. The average molecular weight is 402 g/mol. The second-order valence-electron chi connectivity index (χ2n) is 6.26. The topological polar surface area (TPSA) is 75.0 Å². The predicted octanol–water partition coefficient (Wildman–Crippen LogP) is 4.61. The van der Waals surface area contributed by atoms with Gasteiger partial charge in [0, 0.05) is 22.9 Å². The molecule has 1 aliphatic carbocycles. The number of methoxy groups -OCH3 is 1. The number of aromatic nitrogens is 1. The minimum Gasteiger partial charge on any atom is -0.495 e. The summed E-state index contributed by atoms with van der Waals surface area (Å²) in [6.45, 7) is 0. The summed E-state index contributed by atoms with van der Waals surface area (Å²) in [6, 6.07) is 9.26. The summed E-state index contributed by atoms with van der Waals surface area (Å²) < 4.78 is 5.23. The van der Waals surface area contributed by atoms with E-state index in [4.69, 9.17) is 16.3 Å². The van der Waals surface area contributed by atoms with Crippen LogP contribution in [0.25, 0.3) is 0 Å². The molecule has 3 rings (SSSR count). The number of hydrogen-bond donors (Lipinski definition) is 1. The summed E-state index contributed by atoms with van der Waals surface area (Å²) in [4.78, 5) is 16.9. The number of nitrogens with one attached hydrogen (secondary N) is 1. The van der Waals surface area contributed by atoms with Gasteiger partial charge in [-0.15, -0.1) is 11.8 Å². The number of hydrogen-bond acceptors (Lipinski definition) is 5. The molecule has 0 fully saturated rings. The van der Waals surface area contributed by atoms with Crippen LogP contribution in [0.3, 0.4) is 0 Å². The van der Waals surface area contributed by atoms with E-state index in [1.165, 1.54) is 17.3 Å². The minimum absolute atomic E-state index is 0.139. The normalized spacial score (nSPS) is 12.8. The Bertz CT molecular complexity index is 896. The lowest BCUT2D eigenvalue weighted by molar-refractivity contribution is -0.115. The summed E-state index contributed by atoms with van der Waals surface area (Å²) >= 11 is 7.43. The molecule has 140 valence electrons. The molecule has 0 atom stereocenters. The molecule has 0 saturated heterocycles. The van der Waals surface area contributed by atoms with Crippen LogP contribution in [0.15, 0.2) is 29.3 Å². The maximum absolute atomic E-state index is 12.3. The van der Waals surface area contributed by atoms with Crippen LogP contribution in [-0.2, 0) is 17.6 Å². The molecule has 0 bridgehead atoms. The molecule has 0 aliphatic heterocycles. The van der Waals surface area contributed by atoms with Gasteiger partial charge in [-0.05, 0) is 55.5 Å². The van der Waals surface area contributed by atoms with E-state index in [9.17, 15) is 10.1 Å². The molecule has 1 aromatic heterocycles. The van der Waals surface area contributed by atoms with Gasteiger partial charge >= 0.3 is 0 Å². The van der Waals surface area contributed by atoms with Crippen LogP contribution in [0.2, 0.25) is 5.02 Å². The van der Waals surface area contributed by atoms with Gasteiger partial charge in [-0.1, -0.05) is 11.6 Å². The van der Waals surface area contributed by atoms with Gasteiger partial charge < -0.3 is 10.1 Å². The van der Waals surface area contributed by atoms with Crippen molar-refractivity contribution in [3.63, 3.8) is 0 Å². The zero-order chi connectivity index (χ0) is 19.2. The molecular weight excluding hydrogens is 382 g/mol. The quantitative estimate of drug-likeness (QED) is 0.715. The number of nitriles is 1. The molecule has 1 N–H and O–H groups in total. The van der Waals surface area contributed by atoms with Crippen LogP contribution >= 0.6 is 23.4 Å². The zero-order valence-electron chi connectivity index (χ0n) is 15.0. The third-order valence-electron chi connectivity index (χ3n) is 4.39. The Balaban J connectivity index is 1.61. The smallest absolute Gasteiger partial charge is 0.225 e. The second kappa shape index (κ2) is 9.12. The van der Waals surface area contributed by atoms with Crippen LogP contribution in [0.5, 0.6) is 5.75 Å². The van der Waals surface area contributed by atoms with E-state index in [2.05, 4.69) is 16.4 Å². The summed E-state index contributed by atoms with van der Waals surface area (Å²) in [6.07, 6.45) is 4.54. The number of aryl methyl sites for hydroxylation is 2. The van der Waals surface area contributed by atoms with Gasteiger partial charge in [0.2, 0.25) is 5.91 Å². The Kier molecular flexibility index (Phi) is 6.59. The SMILES string of the molecule is COc1ccc(Cl)cc1NC(=O)CCSc1nc2c(cc1C#N)CCCC2. The van der Waals surface area contributed by atoms with E-state index in [-0.39, 0.29) is 5.91 Å². The monoisotopic (exact) mass is 401 g/mol. The maximum atomic E-state index is 12.3. The van der Waals surface area contributed by atoms with Crippen molar-refractivity contribution in [3.05, 3.63) is 46.1 Å². The number of thioether (sulfide) groups is 1. The number of rotatable bonds is 6. The van der Waals surface area contributed by atoms with E-state index in [0.29, 0.717) is 39.2 Å². The van der Waals surface area contributed by atoms with Gasteiger partial charge in [-0.2, -0.15) is 5.26 Å². The summed E-state index contributed by atoms with van der Waals surface area (Å²) in [5, 5.41) is 13.5. The molecule has 1 aromatic carbocycles. The molecule has 1 aliphatic rings. The van der Waals surface area contributed by atoms with Crippen molar-refractivity contribution in [2.75, 3.05) is 18.2 Å². The third-order valence-corrected chi connectivity index (χ3v) is 5.62. The second-order valence-corrected chi connectivity index (χ2v) is 7.78. The first-order valence-electron chi connectivity index (χ1n) is 8.80. The lowest BCUT2D eigenvalue weighted by atomic mass is 9.95. The first-order valence-corrected chi connectivity index (χ1v) is 10.2. The fourth-order valence-electron chi connectivity index (χ4n) is 3.04. The number of amides is 1. The van der Waals surface area contributed by atoms with Gasteiger partial charge in [0.15, 0.2) is 0 Å². The Hall–Kier alpha value is -2.23. The predicted molar refractivity (Wildman–Crippen MR) is 108 cm³/mol. The van der Waals surface area contributed by atoms with E-state index >= 15 is 0 Å². The number of carbonyl (C=O) groups excluding carboxylic acids is 1.